The summed E-state index contributed by atoms with van der Waals surface area (Å²) in [4.78, 5) is 22.1. The molecule has 0 unspecified atom stereocenters. The molecule has 1 aromatic rings. The summed E-state index contributed by atoms with van der Waals surface area (Å²) in [5.74, 6) is 0.407. The molecule has 5 N–H and O–H groups in total. The van der Waals surface area contributed by atoms with Crippen molar-refractivity contribution in [2.24, 2.45) is 21.5 Å². The minimum atomic E-state index is -0.0111. The summed E-state index contributed by atoms with van der Waals surface area (Å²) in [5.41, 5.74) is 13.2. The molecule has 0 radical (unpaired) electrons. The fourth-order valence-electron chi connectivity index (χ4n) is 3.20. The Morgan fingerprint density at radius 3 is 1.73 bits per heavy atom. The molecule has 0 saturated carbocycles. The lowest BCUT2D eigenvalue weighted by Crippen LogP contribution is -2.32. The van der Waals surface area contributed by atoms with Crippen LogP contribution in [-0.2, 0) is 11.3 Å². The number of carbonyl (C=O) groups is 1. The predicted octanol–water partition coefficient (Wildman–Crippen LogP) is 6.79. The van der Waals surface area contributed by atoms with E-state index in [2.05, 4.69) is 95.1 Å². The zero-order valence-corrected chi connectivity index (χ0v) is 24.5. The summed E-state index contributed by atoms with van der Waals surface area (Å²) in [6.45, 7) is 2.53. The van der Waals surface area contributed by atoms with Gasteiger partial charge in [0, 0.05) is 26.2 Å². The number of hydrogen-bond acceptors (Lipinski definition) is 2. The molecule has 0 fully saturated rings. The maximum absolute atomic E-state index is 12.2. The summed E-state index contributed by atoms with van der Waals surface area (Å²) in [6, 6.07) is 7.51. The Labute approximate surface area is 241 Å². The van der Waals surface area contributed by atoms with Gasteiger partial charge in [0.2, 0.25) is 11.9 Å². The topological polar surface area (TPSA) is 109 Å². The maximum Gasteiger partial charge on any atom is 0.224 e. The number of rotatable bonds is 17. The molecule has 0 aliphatic carbocycles. The highest BCUT2D eigenvalue weighted by Crippen LogP contribution is 2.11. The third kappa shape index (κ3) is 19.0. The van der Waals surface area contributed by atoms with Gasteiger partial charge in [0.25, 0.3) is 0 Å². The number of nitrogens with one attached hydrogen (secondary N) is 1. The van der Waals surface area contributed by atoms with E-state index in [0.29, 0.717) is 25.3 Å². The average Bonchev–Trinajstić information content (AvgIpc) is 2.93. The molecule has 7 nitrogen and oxygen atoms in total. The van der Waals surface area contributed by atoms with E-state index in [-0.39, 0.29) is 11.9 Å². The molecular weight excluding hydrogens is 496 g/mol. The molecule has 0 bridgehead atoms. The first-order valence-corrected chi connectivity index (χ1v) is 14.0. The van der Waals surface area contributed by atoms with Gasteiger partial charge in [-0.3, -0.25) is 4.79 Å². The van der Waals surface area contributed by atoms with Crippen LogP contribution in [0.4, 0.5) is 5.69 Å². The van der Waals surface area contributed by atoms with Gasteiger partial charge in [0.15, 0.2) is 5.96 Å². The SMILES string of the molecule is CCC=CCC=CCC=CCC=CCC=CCC=CCCC(=O)Nc1ccc(CN=C(N)N=C(N)N(C)C)cc1. The Morgan fingerprint density at radius 2 is 1.25 bits per heavy atom. The van der Waals surface area contributed by atoms with Crippen LogP contribution in [0, 0.1) is 0 Å². The van der Waals surface area contributed by atoms with Crippen LogP contribution < -0.4 is 16.8 Å². The van der Waals surface area contributed by atoms with Crippen molar-refractivity contribution in [2.45, 2.75) is 64.8 Å². The highest BCUT2D eigenvalue weighted by molar-refractivity contribution is 5.93. The summed E-state index contributed by atoms with van der Waals surface area (Å²) in [6.07, 6.45) is 33.1. The van der Waals surface area contributed by atoms with Gasteiger partial charge >= 0.3 is 0 Å². The Morgan fingerprint density at radius 1 is 0.775 bits per heavy atom. The summed E-state index contributed by atoms with van der Waals surface area (Å²) < 4.78 is 0. The van der Waals surface area contributed by atoms with Gasteiger partial charge in [-0.2, -0.15) is 4.99 Å². The van der Waals surface area contributed by atoms with Crippen LogP contribution in [0.5, 0.6) is 0 Å². The van der Waals surface area contributed by atoms with Crippen molar-refractivity contribution in [2.75, 3.05) is 19.4 Å². The molecule has 40 heavy (non-hydrogen) atoms. The second-order valence-electron chi connectivity index (χ2n) is 9.24. The lowest BCUT2D eigenvalue weighted by atomic mass is 10.2. The fraction of sp³-hybridized carbons (Fsp3) is 0.364. The van der Waals surface area contributed by atoms with E-state index >= 15 is 0 Å². The van der Waals surface area contributed by atoms with Crippen LogP contribution in [0.1, 0.15) is 63.9 Å². The number of allylic oxidation sites excluding steroid dienone is 12. The van der Waals surface area contributed by atoms with Crippen LogP contribution in [0.2, 0.25) is 0 Å². The van der Waals surface area contributed by atoms with E-state index in [1.165, 1.54) is 0 Å². The standard InChI is InChI=1S/C33H48N6O/c1-4-5-6-7-8-9-10-11-12-13-14-15-16-17-18-19-20-21-22-23-31(40)37-30-26-24-29(25-27-30)28-36-32(34)38-33(35)39(2)3/h5-6,8-9,11-12,14-15,17-18,20-21,24-27H,4,7,10,13,16,19,22-23,28H2,1-3H3,(H,37,40)(H4,34,35,36,38). The molecular formula is C33H48N6O. The van der Waals surface area contributed by atoms with Crippen molar-refractivity contribution in [1.29, 1.82) is 0 Å². The molecule has 1 amide bonds. The smallest absolute Gasteiger partial charge is 0.224 e. The van der Waals surface area contributed by atoms with Crippen LogP contribution in [0.25, 0.3) is 0 Å². The molecule has 0 aromatic heterocycles. The summed E-state index contributed by atoms with van der Waals surface area (Å²) in [7, 11) is 3.56. The highest BCUT2D eigenvalue weighted by Gasteiger charge is 2.02. The molecule has 0 spiro atoms. The van der Waals surface area contributed by atoms with Crippen molar-refractivity contribution in [1.82, 2.24) is 4.90 Å². The average molecular weight is 545 g/mol. The van der Waals surface area contributed by atoms with E-state index in [4.69, 9.17) is 11.5 Å². The van der Waals surface area contributed by atoms with Crippen LogP contribution in [0.3, 0.4) is 0 Å². The third-order valence-electron chi connectivity index (χ3n) is 5.48. The summed E-state index contributed by atoms with van der Waals surface area (Å²) >= 11 is 0. The Bertz CT molecular complexity index is 1070. The van der Waals surface area contributed by atoms with Crippen LogP contribution in [-0.4, -0.2) is 36.8 Å². The van der Waals surface area contributed by atoms with Gasteiger partial charge in [-0.25, -0.2) is 4.99 Å². The number of benzene rings is 1. The number of amides is 1. The summed E-state index contributed by atoms with van der Waals surface area (Å²) in [5, 5.41) is 2.92. The first kappa shape index (κ1) is 33.9. The fourth-order valence-corrected chi connectivity index (χ4v) is 3.20. The van der Waals surface area contributed by atoms with Crippen molar-refractivity contribution in [3.05, 3.63) is 103 Å². The Hall–Kier alpha value is -4.13. The van der Waals surface area contributed by atoms with Gasteiger partial charge in [-0.15, -0.1) is 0 Å². The van der Waals surface area contributed by atoms with Gasteiger partial charge in [-0.05, 0) is 62.6 Å². The minimum absolute atomic E-state index is 0.0111. The number of nitrogens with zero attached hydrogens (tertiary/aromatic N) is 3. The van der Waals surface area contributed by atoms with Crippen molar-refractivity contribution in [3.8, 4) is 0 Å². The molecule has 0 heterocycles. The van der Waals surface area contributed by atoms with E-state index in [1.807, 2.05) is 24.3 Å². The highest BCUT2D eigenvalue weighted by atomic mass is 16.1. The van der Waals surface area contributed by atoms with E-state index in [9.17, 15) is 4.79 Å². The number of hydrogen-bond donors (Lipinski definition) is 3. The molecule has 0 aliphatic rings. The molecule has 1 rings (SSSR count). The first-order valence-electron chi connectivity index (χ1n) is 14.0. The van der Waals surface area contributed by atoms with E-state index in [0.717, 1.165) is 49.8 Å². The predicted molar refractivity (Wildman–Crippen MR) is 173 cm³/mol. The lowest BCUT2D eigenvalue weighted by Gasteiger charge is -2.09. The van der Waals surface area contributed by atoms with Gasteiger partial charge < -0.3 is 21.7 Å². The lowest BCUT2D eigenvalue weighted by molar-refractivity contribution is -0.116. The number of anilines is 1. The van der Waals surface area contributed by atoms with Crippen LogP contribution in [0.15, 0.2) is 107 Å². The number of aliphatic imine (C=N–C) groups is 2. The monoisotopic (exact) mass is 544 g/mol. The zero-order chi connectivity index (χ0) is 29.3. The normalized spacial score (nSPS) is 13.3. The quantitative estimate of drug-likeness (QED) is 0.114. The zero-order valence-electron chi connectivity index (χ0n) is 24.5. The largest absolute Gasteiger partial charge is 0.369 e. The number of nitrogens with two attached hydrogens (primary N) is 2. The van der Waals surface area contributed by atoms with Gasteiger partial charge in [0.05, 0.1) is 6.54 Å². The van der Waals surface area contributed by atoms with Crippen molar-refractivity contribution in [3.63, 3.8) is 0 Å². The van der Waals surface area contributed by atoms with Crippen molar-refractivity contribution >= 4 is 23.5 Å². The van der Waals surface area contributed by atoms with Gasteiger partial charge in [0.1, 0.15) is 0 Å². The van der Waals surface area contributed by atoms with Crippen LogP contribution >= 0.6 is 0 Å². The molecule has 0 saturated heterocycles. The van der Waals surface area contributed by atoms with E-state index in [1.54, 1.807) is 19.0 Å². The second kappa shape index (κ2) is 22.8. The number of guanidine groups is 2. The second-order valence-corrected chi connectivity index (χ2v) is 9.24. The maximum atomic E-state index is 12.2. The molecule has 1 aromatic carbocycles. The van der Waals surface area contributed by atoms with Gasteiger partial charge in [-0.1, -0.05) is 92.0 Å². The molecule has 0 atom stereocenters. The first-order chi connectivity index (χ1) is 19.4. The molecule has 7 heteroatoms. The van der Waals surface area contributed by atoms with E-state index < -0.39 is 0 Å². The molecule has 216 valence electrons. The molecule has 0 aliphatic heterocycles. The van der Waals surface area contributed by atoms with Crippen molar-refractivity contribution < 1.29 is 4.79 Å². The third-order valence-corrected chi connectivity index (χ3v) is 5.48. The minimum Gasteiger partial charge on any atom is -0.369 e. The Balaban J connectivity index is 2.17. The number of carbonyl (C=O) groups excluding carboxylic acids is 1. The Kier molecular flexibility index (Phi) is 19.3.